The highest BCUT2D eigenvalue weighted by Gasteiger charge is 2.33. The summed E-state index contributed by atoms with van der Waals surface area (Å²) in [6, 6.07) is 13.0. The topological polar surface area (TPSA) is 71.0 Å². The highest BCUT2D eigenvalue weighted by molar-refractivity contribution is 5.75. The van der Waals surface area contributed by atoms with Crippen LogP contribution >= 0.6 is 0 Å². The molecule has 6 heteroatoms. The van der Waals surface area contributed by atoms with Crippen LogP contribution in [0.5, 0.6) is 17.2 Å². The molecule has 0 bridgehead atoms. The van der Waals surface area contributed by atoms with Crippen LogP contribution < -0.4 is 14.8 Å². The minimum absolute atomic E-state index is 0.0818. The number of carbonyl (C=O) groups excluding carboxylic acids is 1. The van der Waals surface area contributed by atoms with Crippen molar-refractivity contribution in [1.82, 2.24) is 10.2 Å². The Morgan fingerprint density at radius 3 is 2.58 bits per heavy atom. The van der Waals surface area contributed by atoms with E-state index in [1.807, 2.05) is 29.2 Å². The Labute approximate surface area is 153 Å². The summed E-state index contributed by atoms with van der Waals surface area (Å²) in [6.07, 6.45) is 2.05. The van der Waals surface area contributed by atoms with Crippen molar-refractivity contribution >= 4 is 6.03 Å². The molecule has 0 radical (unpaired) electrons. The molecule has 0 aliphatic heterocycles. The third-order valence-corrected chi connectivity index (χ3v) is 4.47. The van der Waals surface area contributed by atoms with E-state index < -0.39 is 0 Å². The summed E-state index contributed by atoms with van der Waals surface area (Å²) in [5.41, 5.74) is 1.85. The molecule has 1 fully saturated rings. The van der Waals surface area contributed by atoms with Gasteiger partial charge < -0.3 is 24.8 Å². The number of amides is 2. The molecule has 2 N–H and O–H groups in total. The zero-order chi connectivity index (χ0) is 18.5. The Kier molecular flexibility index (Phi) is 5.51. The molecule has 3 rings (SSSR count). The lowest BCUT2D eigenvalue weighted by molar-refractivity contribution is 0.191. The van der Waals surface area contributed by atoms with E-state index in [9.17, 15) is 9.90 Å². The van der Waals surface area contributed by atoms with Crippen molar-refractivity contribution in [2.24, 2.45) is 0 Å². The average Bonchev–Trinajstić information content (AvgIpc) is 3.50. The van der Waals surface area contributed by atoms with Crippen LogP contribution in [-0.4, -0.2) is 36.3 Å². The molecule has 6 nitrogen and oxygen atoms in total. The summed E-state index contributed by atoms with van der Waals surface area (Å²) in [7, 11) is 3.14. The van der Waals surface area contributed by atoms with Crippen molar-refractivity contribution in [2.75, 3.05) is 14.2 Å². The van der Waals surface area contributed by atoms with Crippen LogP contribution in [0.25, 0.3) is 0 Å². The first kappa shape index (κ1) is 17.9. The summed E-state index contributed by atoms with van der Waals surface area (Å²) < 4.78 is 10.5. The third kappa shape index (κ3) is 4.20. The molecule has 0 spiro atoms. The van der Waals surface area contributed by atoms with E-state index in [0.29, 0.717) is 18.8 Å². The number of phenolic OH excluding ortho intramolecular Hbond substituents is 1. The summed E-state index contributed by atoms with van der Waals surface area (Å²) in [4.78, 5) is 14.6. The molecule has 0 heterocycles. The number of nitrogens with zero attached hydrogens (tertiary/aromatic N) is 1. The second kappa shape index (κ2) is 7.99. The molecule has 2 amide bonds. The van der Waals surface area contributed by atoms with Gasteiger partial charge in [0.15, 0.2) is 11.5 Å². The zero-order valence-electron chi connectivity index (χ0n) is 15.1. The maximum atomic E-state index is 12.7. The number of ether oxygens (including phenoxy) is 2. The molecule has 0 aromatic heterocycles. The number of urea groups is 1. The summed E-state index contributed by atoms with van der Waals surface area (Å²) >= 11 is 0. The number of carbonyl (C=O) groups is 1. The van der Waals surface area contributed by atoms with Gasteiger partial charge in [0.2, 0.25) is 0 Å². The molecule has 0 unspecified atom stereocenters. The molecule has 0 atom stereocenters. The number of hydrogen-bond donors (Lipinski definition) is 2. The number of rotatable bonds is 7. The molecule has 26 heavy (non-hydrogen) atoms. The first-order chi connectivity index (χ1) is 12.6. The summed E-state index contributed by atoms with van der Waals surface area (Å²) in [5.74, 6) is 1.26. The van der Waals surface area contributed by atoms with E-state index in [0.717, 1.165) is 29.7 Å². The molecule has 2 aromatic rings. The Morgan fingerprint density at radius 2 is 1.88 bits per heavy atom. The van der Waals surface area contributed by atoms with Crippen molar-refractivity contribution in [3.05, 3.63) is 53.6 Å². The van der Waals surface area contributed by atoms with E-state index in [1.54, 1.807) is 25.3 Å². The van der Waals surface area contributed by atoms with Crippen LogP contribution in [0.1, 0.15) is 24.0 Å². The third-order valence-electron chi connectivity index (χ3n) is 4.47. The van der Waals surface area contributed by atoms with Gasteiger partial charge in [0, 0.05) is 18.2 Å². The molecule has 2 aromatic carbocycles. The highest BCUT2D eigenvalue weighted by atomic mass is 16.5. The lowest BCUT2D eigenvalue weighted by Gasteiger charge is -2.24. The zero-order valence-corrected chi connectivity index (χ0v) is 15.1. The first-order valence-electron chi connectivity index (χ1n) is 8.64. The Bertz CT molecular complexity index is 774. The molecular weight excluding hydrogens is 332 g/mol. The minimum Gasteiger partial charge on any atom is -0.504 e. The number of para-hydroxylation sites is 1. The van der Waals surface area contributed by atoms with Gasteiger partial charge in [0.05, 0.1) is 20.8 Å². The predicted octanol–water partition coefficient (Wildman–Crippen LogP) is 3.28. The first-order valence-corrected chi connectivity index (χ1v) is 8.64. The van der Waals surface area contributed by atoms with Crippen LogP contribution in [0, 0.1) is 0 Å². The van der Waals surface area contributed by atoms with Gasteiger partial charge in [-0.15, -0.1) is 0 Å². The van der Waals surface area contributed by atoms with E-state index in [2.05, 4.69) is 5.32 Å². The Balaban J connectivity index is 1.66. The molecule has 0 saturated heterocycles. The van der Waals surface area contributed by atoms with Gasteiger partial charge in [-0.2, -0.15) is 0 Å². The van der Waals surface area contributed by atoms with E-state index in [-0.39, 0.29) is 17.8 Å². The highest BCUT2D eigenvalue weighted by Crippen LogP contribution is 2.30. The standard InChI is InChI=1S/C20H24N2O4/c1-25-18-6-4-3-5-15(18)13-22(16-8-9-16)20(24)21-12-14-7-10-17(23)19(11-14)26-2/h3-7,10-11,16,23H,8-9,12-13H2,1-2H3,(H,21,24). The van der Waals surface area contributed by atoms with Gasteiger partial charge >= 0.3 is 6.03 Å². The molecular formula is C20H24N2O4. The minimum atomic E-state index is -0.106. The number of hydrogen-bond acceptors (Lipinski definition) is 4. The van der Waals surface area contributed by atoms with Gasteiger partial charge in [0.1, 0.15) is 5.75 Å². The molecule has 1 aliphatic rings. The second-order valence-electron chi connectivity index (χ2n) is 6.34. The van der Waals surface area contributed by atoms with Gasteiger partial charge in [-0.25, -0.2) is 4.79 Å². The van der Waals surface area contributed by atoms with Gasteiger partial charge in [-0.1, -0.05) is 24.3 Å². The van der Waals surface area contributed by atoms with E-state index >= 15 is 0 Å². The maximum absolute atomic E-state index is 12.7. The maximum Gasteiger partial charge on any atom is 0.318 e. The number of phenols is 1. The number of methoxy groups -OCH3 is 2. The Morgan fingerprint density at radius 1 is 1.15 bits per heavy atom. The van der Waals surface area contributed by atoms with Crippen molar-refractivity contribution in [3.63, 3.8) is 0 Å². The summed E-state index contributed by atoms with van der Waals surface area (Å²) in [5, 5.41) is 12.6. The molecule has 1 aliphatic carbocycles. The van der Waals surface area contributed by atoms with E-state index in [4.69, 9.17) is 9.47 Å². The van der Waals surface area contributed by atoms with Gasteiger partial charge in [-0.3, -0.25) is 0 Å². The fourth-order valence-electron chi connectivity index (χ4n) is 2.88. The summed E-state index contributed by atoms with van der Waals surface area (Å²) in [6.45, 7) is 0.879. The predicted molar refractivity (Wildman–Crippen MR) is 98.5 cm³/mol. The van der Waals surface area contributed by atoms with E-state index in [1.165, 1.54) is 7.11 Å². The molecule has 1 saturated carbocycles. The van der Waals surface area contributed by atoms with Crippen LogP contribution in [-0.2, 0) is 13.1 Å². The van der Waals surface area contributed by atoms with Crippen molar-refractivity contribution < 1.29 is 19.4 Å². The number of benzene rings is 2. The average molecular weight is 356 g/mol. The normalized spacial score (nSPS) is 13.2. The van der Waals surface area contributed by atoms with Crippen LogP contribution in [0.2, 0.25) is 0 Å². The fraction of sp³-hybridized carbons (Fsp3) is 0.350. The van der Waals surface area contributed by atoms with Crippen molar-refractivity contribution in [1.29, 1.82) is 0 Å². The number of nitrogens with one attached hydrogen (secondary N) is 1. The lowest BCUT2D eigenvalue weighted by atomic mass is 10.2. The van der Waals surface area contributed by atoms with Crippen LogP contribution in [0.4, 0.5) is 4.79 Å². The number of aromatic hydroxyl groups is 1. The van der Waals surface area contributed by atoms with Gasteiger partial charge in [-0.05, 0) is 36.6 Å². The quantitative estimate of drug-likeness (QED) is 0.799. The van der Waals surface area contributed by atoms with Crippen LogP contribution in [0.15, 0.2) is 42.5 Å². The van der Waals surface area contributed by atoms with Crippen molar-refractivity contribution in [3.8, 4) is 17.2 Å². The molecule has 138 valence electrons. The lowest BCUT2D eigenvalue weighted by Crippen LogP contribution is -2.40. The SMILES string of the molecule is COc1cc(CNC(=O)N(Cc2ccccc2OC)C2CC2)ccc1O. The van der Waals surface area contributed by atoms with Gasteiger partial charge in [0.25, 0.3) is 0 Å². The monoisotopic (exact) mass is 356 g/mol. The Hall–Kier alpha value is -2.89. The smallest absolute Gasteiger partial charge is 0.318 e. The fourth-order valence-corrected chi connectivity index (χ4v) is 2.88. The van der Waals surface area contributed by atoms with Crippen molar-refractivity contribution in [2.45, 2.75) is 32.0 Å². The van der Waals surface area contributed by atoms with Crippen LogP contribution in [0.3, 0.4) is 0 Å². The largest absolute Gasteiger partial charge is 0.504 e. The second-order valence-corrected chi connectivity index (χ2v) is 6.34.